The van der Waals surface area contributed by atoms with Gasteiger partial charge in [0.2, 0.25) is 5.89 Å². The van der Waals surface area contributed by atoms with Crippen molar-refractivity contribution in [2.75, 3.05) is 26.6 Å². The topological polar surface area (TPSA) is 114 Å². The van der Waals surface area contributed by atoms with Crippen LogP contribution in [0.15, 0.2) is 40.8 Å². The third-order valence-electron chi connectivity index (χ3n) is 5.43. The van der Waals surface area contributed by atoms with Crippen LogP contribution in [-0.4, -0.2) is 47.2 Å². The molecule has 2 heterocycles. The van der Waals surface area contributed by atoms with Gasteiger partial charge in [-0.2, -0.15) is 0 Å². The molecule has 11 heteroatoms. The zero-order valence-electron chi connectivity index (χ0n) is 19.9. The SMILES string of the molecule is COc1ccc(NC(=O)c2nnn(Cc3nc(-c4cccc(OC)c4OC)oc3C)c2C)cc1Cl. The molecule has 0 unspecified atom stereocenters. The minimum absolute atomic E-state index is 0.188. The third-order valence-corrected chi connectivity index (χ3v) is 5.73. The number of nitrogens with zero attached hydrogens (tertiary/aromatic N) is 4. The molecule has 4 rings (SSSR count). The molecule has 1 amide bonds. The Bertz CT molecular complexity index is 1380. The number of nitrogens with one attached hydrogen (secondary N) is 1. The average molecular weight is 498 g/mol. The fraction of sp³-hybridized carbons (Fsp3) is 0.250. The first-order valence-electron chi connectivity index (χ1n) is 10.6. The molecule has 4 aromatic rings. The smallest absolute Gasteiger partial charge is 0.278 e. The highest BCUT2D eigenvalue weighted by Gasteiger charge is 2.21. The molecule has 0 saturated carbocycles. The fourth-order valence-electron chi connectivity index (χ4n) is 3.54. The molecular formula is C24H24ClN5O5. The number of amides is 1. The van der Waals surface area contributed by atoms with Crippen molar-refractivity contribution in [3.8, 4) is 28.7 Å². The fourth-order valence-corrected chi connectivity index (χ4v) is 3.80. The lowest BCUT2D eigenvalue weighted by atomic mass is 10.2. The Morgan fingerprint density at radius 2 is 1.86 bits per heavy atom. The van der Waals surface area contributed by atoms with Gasteiger partial charge in [-0.1, -0.05) is 22.9 Å². The second-order valence-corrected chi connectivity index (χ2v) is 7.95. The molecule has 35 heavy (non-hydrogen) atoms. The number of aromatic nitrogens is 4. The van der Waals surface area contributed by atoms with Crippen molar-refractivity contribution in [2.24, 2.45) is 0 Å². The molecule has 0 saturated heterocycles. The summed E-state index contributed by atoms with van der Waals surface area (Å²) in [4.78, 5) is 17.4. The van der Waals surface area contributed by atoms with E-state index in [1.807, 2.05) is 19.1 Å². The minimum Gasteiger partial charge on any atom is -0.495 e. The number of carbonyl (C=O) groups is 1. The van der Waals surface area contributed by atoms with Gasteiger partial charge >= 0.3 is 0 Å². The average Bonchev–Trinajstić information content (AvgIpc) is 3.40. The molecule has 0 bridgehead atoms. The number of aryl methyl sites for hydroxylation is 1. The molecule has 2 aromatic carbocycles. The normalized spacial score (nSPS) is 10.8. The number of hydrogen-bond donors (Lipinski definition) is 1. The Balaban J connectivity index is 1.55. The van der Waals surface area contributed by atoms with Crippen molar-refractivity contribution in [3.05, 3.63) is 64.3 Å². The largest absolute Gasteiger partial charge is 0.495 e. The molecule has 0 aliphatic heterocycles. The number of halogens is 1. The van der Waals surface area contributed by atoms with E-state index in [0.717, 1.165) is 0 Å². The van der Waals surface area contributed by atoms with Gasteiger partial charge in [-0.05, 0) is 44.2 Å². The highest BCUT2D eigenvalue weighted by molar-refractivity contribution is 6.32. The Kier molecular flexibility index (Phi) is 6.92. The molecule has 0 aliphatic carbocycles. The predicted molar refractivity (Wildman–Crippen MR) is 130 cm³/mol. The maximum Gasteiger partial charge on any atom is 0.278 e. The van der Waals surface area contributed by atoms with Gasteiger partial charge in [0.25, 0.3) is 5.91 Å². The Morgan fingerprint density at radius 1 is 1.09 bits per heavy atom. The van der Waals surface area contributed by atoms with Crippen LogP contribution in [0.2, 0.25) is 5.02 Å². The Hall–Kier alpha value is -4.05. The quantitative estimate of drug-likeness (QED) is 0.377. The highest BCUT2D eigenvalue weighted by atomic mass is 35.5. The van der Waals surface area contributed by atoms with Crippen LogP contribution in [0.1, 0.15) is 27.6 Å². The maximum absolute atomic E-state index is 12.8. The van der Waals surface area contributed by atoms with E-state index in [9.17, 15) is 4.79 Å². The van der Waals surface area contributed by atoms with E-state index >= 15 is 0 Å². The minimum atomic E-state index is -0.409. The molecule has 0 radical (unpaired) electrons. The van der Waals surface area contributed by atoms with E-state index in [1.165, 1.54) is 7.11 Å². The number of ether oxygens (including phenoxy) is 3. The van der Waals surface area contributed by atoms with Crippen LogP contribution < -0.4 is 19.5 Å². The first-order chi connectivity index (χ1) is 16.9. The zero-order valence-corrected chi connectivity index (χ0v) is 20.6. The molecule has 1 N–H and O–H groups in total. The van der Waals surface area contributed by atoms with Crippen LogP contribution in [0.5, 0.6) is 17.2 Å². The van der Waals surface area contributed by atoms with E-state index in [2.05, 4.69) is 20.6 Å². The number of rotatable bonds is 8. The van der Waals surface area contributed by atoms with E-state index in [-0.39, 0.29) is 12.2 Å². The number of para-hydroxylation sites is 1. The van der Waals surface area contributed by atoms with Crippen molar-refractivity contribution in [2.45, 2.75) is 20.4 Å². The molecule has 0 spiro atoms. The summed E-state index contributed by atoms with van der Waals surface area (Å²) >= 11 is 6.14. The summed E-state index contributed by atoms with van der Waals surface area (Å²) in [5, 5.41) is 11.4. The monoisotopic (exact) mass is 497 g/mol. The van der Waals surface area contributed by atoms with Gasteiger partial charge in [0.15, 0.2) is 17.2 Å². The van der Waals surface area contributed by atoms with Gasteiger partial charge in [-0.25, -0.2) is 9.67 Å². The summed E-state index contributed by atoms with van der Waals surface area (Å²) in [6.45, 7) is 3.84. The molecule has 2 aromatic heterocycles. The lowest BCUT2D eigenvalue weighted by molar-refractivity contribution is 0.102. The van der Waals surface area contributed by atoms with Crippen molar-refractivity contribution in [1.29, 1.82) is 0 Å². The number of carbonyl (C=O) groups excluding carboxylic acids is 1. The maximum atomic E-state index is 12.8. The van der Waals surface area contributed by atoms with E-state index in [0.29, 0.717) is 56.6 Å². The van der Waals surface area contributed by atoms with Gasteiger partial charge in [-0.3, -0.25) is 4.79 Å². The standard InChI is InChI=1S/C24H24ClN5O5/c1-13-21(23(31)26-15-9-10-19(32-3)17(25)11-15)28-29-30(13)12-18-14(2)35-24(27-18)16-7-6-8-20(33-4)22(16)34-5/h6-11H,12H2,1-5H3,(H,26,31). The van der Waals surface area contributed by atoms with Crippen molar-refractivity contribution < 1.29 is 23.4 Å². The number of anilines is 1. The Labute approximate surface area is 206 Å². The second-order valence-electron chi connectivity index (χ2n) is 7.55. The summed E-state index contributed by atoms with van der Waals surface area (Å²) in [6.07, 6.45) is 0. The van der Waals surface area contributed by atoms with Crippen LogP contribution in [-0.2, 0) is 6.54 Å². The molecule has 182 valence electrons. The van der Waals surface area contributed by atoms with Crippen LogP contribution in [0, 0.1) is 13.8 Å². The summed E-state index contributed by atoms with van der Waals surface area (Å²) in [6, 6.07) is 10.4. The lowest BCUT2D eigenvalue weighted by Gasteiger charge is -2.10. The van der Waals surface area contributed by atoms with Crippen molar-refractivity contribution in [3.63, 3.8) is 0 Å². The van der Waals surface area contributed by atoms with E-state index in [1.54, 1.807) is 50.1 Å². The lowest BCUT2D eigenvalue weighted by Crippen LogP contribution is -2.14. The van der Waals surface area contributed by atoms with E-state index < -0.39 is 5.91 Å². The number of methoxy groups -OCH3 is 3. The van der Waals surface area contributed by atoms with Crippen molar-refractivity contribution >= 4 is 23.2 Å². The number of hydrogen-bond acceptors (Lipinski definition) is 8. The number of benzene rings is 2. The van der Waals surface area contributed by atoms with E-state index in [4.69, 9.17) is 30.2 Å². The van der Waals surface area contributed by atoms with Crippen LogP contribution in [0.3, 0.4) is 0 Å². The second kappa shape index (κ2) is 10.1. The summed E-state index contributed by atoms with van der Waals surface area (Å²) < 4.78 is 23.5. The van der Waals surface area contributed by atoms with Gasteiger partial charge in [-0.15, -0.1) is 5.10 Å². The van der Waals surface area contributed by atoms with Crippen LogP contribution >= 0.6 is 11.6 Å². The van der Waals surface area contributed by atoms with Crippen molar-refractivity contribution in [1.82, 2.24) is 20.0 Å². The first kappa shape index (κ1) is 24.1. The van der Waals surface area contributed by atoms with Crippen LogP contribution in [0.25, 0.3) is 11.5 Å². The van der Waals surface area contributed by atoms with Crippen LogP contribution in [0.4, 0.5) is 5.69 Å². The van der Waals surface area contributed by atoms with Gasteiger partial charge in [0.1, 0.15) is 17.2 Å². The summed E-state index contributed by atoms with van der Waals surface area (Å²) in [7, 11) is 4.65. The van der Waals surface area contributed by atoms with Gasteiger partial charge in [0, 0.05) is 5.69 Å². The number of oxazole rings is 1. The zero-order chi connectivity index (χ0) is 25.1. The molecule has 10 nitrogen and oxygen atoms in total. The first-order valence-corrected chi connectivity index (χ1v) is 11.0. The molecular weight excluding hydrogens is 474 g/mol. The van der Waals surface area contributed by atoms with Gasteiger partial charge in [0.05, 0.1) is 44.2 Å². The molecule has 0 fully saturated rings. The summed E-state index contributed by atoms with van der Waals surface area (Å²) in [5.41, 5.74) is 2.58. The molecule has 0 aliphatic rings. The van der Waals surface area contributed by atoms with Gasteiger partial charge < -0.3 is 23.9 Å². The third kappa shape index (κ3) is 4.78. The highest BCUT2D eigenvalue weighted by Crippen LogP contribution is 2.38. The Morgan fingerprint density at radius 3 is 2.54 bits per heavy atom. The molecule has 0 atom stereocenters. The summed E-state index contributed by atoms with van der Waals surface area (Å²) in [5.74, 6) is 2.20. The predicted octanol–water partition coefficient (Wildman–Crippen LogP) is 4.53.